The molecule has 0 saturated carbocycles. The monoisotopic (exact) mass is 349 g/mol. The van der Waals surface area contributed by atoms with Crippen molar-refractivity contribution in [1.29, 1.82) is 0 Å². The number of aromatic nitrogens is 2. The lowest BCUT2D eigenvalue weighted by Crippen LogP contribution is -2.42. The van der Waals surface area contributed by atoms with E-state index < -0.39 is 23.8 Å². The maximum Gasteiger partial charge on any atom is 0.433 e. The Morgan fingerprint density at radius 3 is 2.50 bits per heavy atom. The van der Waals surface area contributed by atoms with Crippen LogP contribution in [0.15, 0.2) is 6.07 Å². The van der Waals surface area contributed by atoms with Crippen LogP contribution in [-0.2, 0) is 17.5 Å². The van der Waals surface area contributed by atoms with Crippen LogP contribution in [0.1, 0.15) is 18.3 Å². The quantitative estimate of drug-likeness (QED) is 0.811. The van der Waals surface area contributed by atoms with Crippen molar-refractivity contribution < 1.29 is 22.8 Å². The molecule has 7 nitrogen and oxygen atoms in total. The van der Waals surface area contributed by atoms with Crippen molar-refractivity contribution in [3.05, 3.63) is 17.5 Å². The molecule has 0 aromatic carbocycles. The molecule has 0 aliphatic rings. The Bertz CT molecular complexity index is 583. The molecule has 0 saturated heterocycles. The molecule has 0 aliphatic heterocycles. The zero-order valence-electron chi connectivity index (χ0n) is 14.1. The minimum Gasteiger partial charge on any atom is -0.354 e. The van der Waals surface area contributed by atoms with Gasteiger partial charge in [0, 0.05) is 27.2 Å². The summed E-state index contributed by atoms with van der Waals surface area (Å²) in [6.45, 7) is 3.19. The van der Waals surface area contributed by atoms with E-state index in [1.165, 1.54) is 11.8 Å². The highest BCUT2D eigenvalue weighted by Crippen LogP contribution is 2.30. The van der Waals surface area contributed by atoms with Gasteiger partial charge < -0.3 is 15.5 Å². The number of nitrogens with one attached hydrogen (secondary N) is 2. The Hall–Kier alpha value is -2.26. The van der Waals surface area contributed by atoms with Crippen molar-refractivity contribution in [2.24, 2.45) is 5.92 Å². The van der Waals surface area contributed by atoms with Gasteiger partial charge in [-0.25, -0.2) is 4.79 Å². The van der Waals surface area contributed by atoms with Crippen LogP contribution in [0.2, 0.25) is 0 Å². The van der Waals surface area contributed by atoms with E-state index in [2.05, 4.69) is 15.7 Å². The van der Waals surface area contributed by atoms with Gasteiger partial charge in [0.25, 0.3) is 0 Å². The van der Waals surface area contributed by atoms with Gasteiger partial charge in [-0.2, -0.15) is 18.3 Å². The molecule has 1 rings (SSSR count). The molecule has 0 aliphatic carbocycles. The lowest BCUT2D eigenvalue weighted by atomic mass is 10.2. The predicted molar refractivity (Wildman–Crippen MR) is 81.2 cm³/mol. The number of carbonyl (C=O) groups is 2. The minimum absolute atomic E-state index is 0.0209. The summed E-state index contributed by atoms with van der Waals surface area (Å²) < 4.78 is 39.6. The van der Waals surface area contributed by atoms with Crippen LogP contribution in [0.4, 0.5) is 18.0 Å². The fourth-order valence-corrected chi connectivity index (χ4v) is 1.94. The summed E-state index contributed by atoms with van der Waals surface area (Å²) in [5.41, 5.74) is -0.526. The van der Waals surface area contributed by atoms with E-state index in [0.29, 0.717) is 0 Å². The molecule has 2 N–H and O–H groups in total. The summed E-state index contributed by atoms with van der Waals surface area (Å²) in [6.07, 6.45) is -4.47. The molecule has 1 aromatic heterocycles. The van der Waals surface area contributed by atoms with Crippen LogP contribution >= 0.6 is 0 Å². The van der Waals surface area contributed by atoms with E-state index >= 15 is 0 Å². The van der Waals surface area contributed by atoms with Gasteiger partial charge in [0.1, 0.15) is 5.69 Å². The molecule has 10 heteroatoms. The molecule has 0 spiro atoms. The molecule has 1 heterocycles. The summed E-state index contributed by atoms with van der Waals surface area (Å²) >= 11 is 0. The first-order valence-electron chi connectivity index (χ1n) is 7.34. The summed E-state index contributed by atoms with van der Waals surface area (Å²) in [7, 11) is 3.08. The number of alkyl halides is 3. The molecule has 3 amide bonds. The largest absolute Gasteiger partial charge is 0.433 e. The average molecular weight is 349 g/mol. The Morgan fingerprint density at radius 2 is 1.96 bits per heavy atom. The predicted octanol–water partition coefficient (Wildman–Crippen LogP) is 1.23. The molecule has 24 heavy (non-hydrogen) atoms. The Balaban J connectivity index is 2.49. The van der Waals surface area contributed by atoms with Crippen molar-refractivity contribution >= 4 is 11.9 Å². The number of urea groups is 1. The van der Waals surface area contributed by atoms with Gasteiger partial charge >= 0.3 is 12.2 Å². The van der Waals surface area contributed by atoms with Crippen LogP contribution in [-0.4, -0.2) is 53.8 Å². The zero-order valence-corrected chi connectivity index (χ0v) is 14.1. The lowest BCUT2D eigenvalue weighted by Gasteiger charge is -2.16. The second kappa shape index (κ2) is 8.02. The SMILES string of the molecule is Cc1cc(C(F)(F)F)n(CC(C)CNC(=O)CNC(=O)N(C)C)n1. The maximum atomic E-state index is 12.9. The summed E-state index contributed by atoms with van der Waals surface area (Å²) in [6, 6.07) is 0.585. The Labute approximate surface area is 138 Å². The maximum absolute atomic E-state index is 12.9. The molecule has 1 aromatic rings. The minimum atomic E-state index is -4.47. The third-order valence-electron chi connectivity index (χ3n) is 3.13. The van der Waals surface area contributed by atoms with E-state index in [-0.39, 0.29) is 31.2 Å². The van der Waals surface area contributed by atoms with Gasteiger partial charge in [0.05, 0.1) is 12.2 Å². The first-order valence-corrected chi connectivity index (χ1v) is 7.34. The first-order chi connectivity index (χ1) is 11.0. The highest BCUT2D eigenvalue weighted by molar-refractivity contribution is 5.83. The smallest absolute Gasteiger partial charge is 0.354 e. The first kappa shape index (κ1) is 19.8. The standard InChI is InChI=1S/C14H22F3N5O2/c1-9(6-18-12(23)7-19-13(24)21(3)4)8-22-11(14(15,16)17)5-10(2)20-22/h5,9H,6-8H2,1-4H3,(H,18,23)(H,19,24). The second-order valence-electron chi connectivity index (χ2n) is 5.81. The molecule has 0 radical (unpaired) electrons. The number of hydrogen-bond acceptors (Lipinski definition) is 3. The van der Waals surface area contributed by atoms with Crippen LogP contribution in [0, 0.1) is 12.8 Å². The van der Waals surface area contributed by atoms with E-state index in [1.54, 1.807) is 21.0 Å². The van der Waals surface area contributed by atoms with E-state index in [4.69, 9.17) is 0 Å². The van der Waals surface area contributed by atoms with Crippen molar-refractivity contribution in [1.82, 2.24) is 25.3 Å². The molecule has 0 bridgehead atoms. The van der Waals surface area contributed by atoms with Crippen LogP contribution in [0.5, 0.6) is 0 Å². The normalized spacial score (nSPS) is 12.6. The van der Waals surface area contributed by atoms with Crippen molar-refractivity contribution in [3.8, 4) is 0 Å². The molecular formula is C14H22F3N5O2. The van der Waals surface area contributed by atoms with Gasteiger partial charge in [0.15, 0.2) is 0 Å². The number of rotatable bonds is 6. The van der Waals surface area contributed by atoms with Gasteiger partial charge in [0.2, 0.25) is 5.91 Å². The average Bonchev–Trinajstić information content (AvgIpc) is 2.83. The number of nitrogens with zero attached hydrogens (tertiary/aromatic N) is 3. The third kappa shape index (κ3) is 6.09. The Morgan fingerprint density at radius 1 is 1.33 bits per heavy atom. The van der Waals surface area contributed by atoms with Gasteiger partial charge in [-0.3, -0.25) is 9.48 Å². The zero-order chi connectivity index (χ0) is 18.5. The third-order valence-corrected chi connectivity index (χ3v) is 3.13. The number of amides is 3. The summed E-state index contributed by atoms with van der Waals surface area (Å²) in [5, 5.41) is 8.81. The highest BCUT2D eigenvalue weighted by atomic mass is 19.4. The molecule has 1 unspecified atom stereocenters. The van der Waals surface area contributed by atoms with E-state index in [0.717, 1.165) is 10.7 Å². The van der Waals surface area contributed by atoms with Crippen molar-refractivity contribution in [3.63, 3.8) is 0 Å². The topological polar surface area (TPSA) is 79.3 Å². The number of hydrogen-bond donors (Lipinski definition) is 2. The van der Waals surface area contributed by atoms with Crippen molar-refractivity contribution in [2.45, 2.75) is 26.6 Å². The lowest BCUT2D eigenvalue weighted by molar-refractivity contribution is -0.144. The molecule has 1 atom stereocenters. The summed E-state index contributed by atoms with van der Waals surface area (Å²) in [5.74, 6) is -0.677. The Kier molecular flexibility index (Phi) is 6.61. The van der Waals surface area contributed by atoms with Crippen molar-refractivity contribution in [2.75, 3.05) is 27.2 Å². The molecule has 136 valence electrons. The summed E-state index contributed by atoms with van der Waals surface area (Å²) in [4.78, 5) is 24.2. The fourth-order valence-electron chi connectivity index (χ4n) is 1.94. The fraction of sp³-hybridized carbons (Fsp3) is 0.643. The number of aryl methyl sites for hydroxylation is 1. The van der Waals surface area contributed by atoms with E-state index in [9.17, 15) is 22.8 Å². The van der Waals surface area contributed by atoms with Crippen LogP contribution in [0.25, 0.3) is 0 Å². The number of carbonyl (C=O) groups excluding carboxylic acids is 2. The number of halogens is 3. The van der Waals surface area contributed by atoms with E-state index in [1.807, 2.05) is 0 Å². The van der Waals surface area contributed by atoms with Gasteiger partial charge in [-0.15, -0.1) is 0 Å². The molecule has 0 fully saturated rings. The van der Waals surface area contributed by atoms with Gasteiger partial charge in [-0.1, -0.05) is 6.92 Å². The highest BCUT2D eigenvalue weighted by Gasteiger charge is 2.35. The van der Waals surface area contributed by atoms with Crippen LogP contribution in [0.3, 0.4) is 0 Å². The van der Waals surface area contributed by atoms with Crippen LogP contribution < -0.4 is 10.6 Å². The van der Waals surface area contributed by atoms with Gasteiger partial charge in [-0.05, 0) is 18.9 Å². The molecular weight excluding hydrogens is 327 g/mol. The second-order valence-corrected chi connectivity index (χ2v) is 5.81.